The van der Waals surface area contributed by atoms with E-state index in [9.17, 15) is 0 Å². The maximum absolute atomic E-state index is 6.55. The summed E-state index contributed by atoms with van der Waals surface area (Å²) in [7, 11) is 3.25. The van der Waals surface area contributed by atoms with Gasteiger partial charge in [0.05, 0.1) is 31.0 Å². The molecule has 0 saturated heterocycles. The molecule has 0 amide bonds. The Morgan fingerprint density at radius 2 is 1.72 bits per heavy atom. The fraction of sp³-hybridized carbons (Fsp3) is 0.240. The van der Waals surface area contributed by atoms with Gasteiger partial charge in [-0.25, -0.2) is 5.01 Å². The van der Waals surface area contributed by atoms with Gasteiger partial charge in [-0.3, -0.25) is 0 Å². The zero-order chi connectivity index (χ0) is 22.4. The third kappa shape index (κ3) is 3.55. The second kappa shape index (κ2) is 8.23. The largest absolute Gasteiger partial charge is 0.493 e. The molecule has 0 bridgehead atoms. The van der Waals surface area contributed by atoms with E-state index in [1.54, 1.807) is 20.3 Å². The summed E-state index contributed by atoms with van der Waals surface area (Å²) >= 11 is 12.9. The van der Waals surface area contributed by atoms with Gasteiger partial charge in [0.25, 0.3) is 0 Å². The molecule has 0 spiro atoms. The van der Waals surface area contributed by atoms with Crippen LogP contribution in [-0.4, -0.2) is 24.9 Å². The van der Waals surface area contributed by atoms with Crippen LogP contribution in [0.4, 0.5) is 0 Å². The summed E-state index contributed by atoms with van der Waals surface area (Å²) in [5.41, 5.74) is 5.02. The van der Waals surface area contributed by atoms with Crippen molar-refractivity contribution in [1.82, 2.24) is 5.01 Å². The van der Waals surface area contributed by atoms with Gasteiger partial charge in [0.15, 0.2) is 11.5 Å². The molecule has 0 saturated carbocycles. The number of fused-ring (bicyclic) bond motifs is 3. The van der Waals surface area contributed by atoms with Gasteiger partial charge in [0, 0.05) is 28.1 Å². The van der Waals surface area contributed by atoms with E-state index in [2.05, 4.69) is 31.2 Å². The number of rotatable bonds is 4. The maximum Gasteiger partial charge on any atom is 0.213 e. The highest BCUT2D eigenvalue weighted by molar-refractivity contribution is 6.35. The zero-order valence-corrected chi connectivity index (χ0v) is 19.4. The zero-order valence-electron chi connectivity index (χ0n) is 17.9. The number of methoxy groups -OCH3 is 2. The Kier molecular flexibility index (Phi) is 5.39. The van der Waals surface area contributed by atoms with Crippen LogP contribution in [0.15, 0.2) is 59.7 Å². The second-order valence-electron chi connectivity index (χ2n) is 7.90. The molecular weight excluding hydrogens is 447 g/mol. The molecule has 0 fully saturated rings. The Balaban J connectivity index is 1.61. The van der Waals surface area contributed by atoms with E-state index in [4.69, 9.17) is 42.5 Å². The van der Waals surface area contributed by atoms with Crippen molar-refractivity contribution in [3.63, 3.8) is 0 Å². The van der Waals surface area contributed by atoms with Gasteiger partial charge in [0.1, 0.15) is 5.75 Å². The lowest BCUT2D eigenvalue weighted by Gasteiger charge is -2.38. The number of hydrazone groups is 1. The van der Waals surface area contributed by atoms with Crippen LogP contribution in [0, 0.1) is 6.92 Å². The maximum atomic E-state index is 6.55. The van der Waals surface area contributed by atoms with Crippen molar-refractivity contribution in [1.29, 1.82) is 0 Å². The van der Waals surface area contributed by atoms with Crippen LogP contribution in [0.2, 0.25) is 10.0 Å². The number of hydrogen-bond acceptors (Lipinski definition) is 5. The van der Waals surface area contributed by atoms with E-state index < -0.39 is 6.23 Å². The lowest BCUT2D eigenvalue weighted by molar-refractivity contribution is -0.0189. The molecule has 3 aromatic rings. The molecule has 0 aromatic heterocycles. The van der Waals surface area contributed by atoms with Crippen LogP contribution in [0.3, 0.4) is 0 Å². The van der Waals surface area contributed by atoms with Crippen LogP contribution in [-0.2, 0) is 0 Å². The lowest BCUT2D eigenvalue weighted by atomic mass is 9.95. The Bertz CT molecular complexity index is 1210. The van der Waals surface area contributed by atoms with Crippen LogP contribution >= 0.6 is 23.2 Å². The van der Waals surface area contributed by atoms with Gasteiger partial charge in [-0.2, -0.15) is 5.10 Å². The van der Waals surface area contributed by atoms with Crippen molar-refractivity contribution in [2.75, 3.05) is 14.2 Å². The lowest BCUT2D eigenvalue weighted by Crippen LogP contribution is -2.33. The molecule has 2 atom stereocenters. The fourth-order valence-corrected chi connectivity index (χ4v) is 4.81. The predicted molar refractivity (Wildman–Crippen MR) is 126 cm³/mol. The van der Waals surface area contributed by atoms with E-state index in [1.807, 2.05) is 29.3 Å². The predicted octanol–water partition coefficient (Wildman–Crippen LogP) is 6.56. The quantitative estimate of drug-likeness (QED) is 0.434. The third-order valence-corrected chi connectivity index (χ3v) is 6.39. The Labute approximate surface area is 197 Å². The molecule has 5 rings (SSSR count). The third-order valence-electron chi connectivity index (χ3n) is 5.89. The van der Waals surface area contributed by atoms with Crippen molar-refractivity contribution in [2.45, 2.75) is 25.6 Å². The van der Waals surface area contributed by atoms with Crippen LogP contribution in [0.1, 0.15) is 40.9 Å². The minimum Gasteiger partial charge on any atom is -0.493 e. The van der Waals surface area contributed by atoms with Crippen molar-refractivity contribution < 1.29 is 14.2 Å². The Morgan fingerprint density at radius 3 is 2.44 bits per heavy atom. The molecule has 2 heterocycles. The van der Waals surface area contributed by atoms with Gasteiger partial charge in [-0.15, -0.1) is 0 Å². The molecule has 0 radical (unpaired) electrons. The first-order valence-electron chi connectivity index (χ1n) is 10.3. The summed E-state index contributed by atoms with van der Waals surface area (Å²) in [6.07, 6.45) is 0.287. The van der Waals surface area contributed by atoms with E-state index in [1.165, 1.54) is 5.56 Å². The Hall–Kier alpha value is -2.89. The van der Waals surface area contributed by atoms with Crippen LogP contribution in [0.5, 0.6) is 17.2 Å². The van der Waals surface area contributed by atoms with Gasteiger partial charge in [-0.1, -0.05) is 53.0 Å². The van der Waals surface area contributed by atoms with Crippen LogP contribution < -0.4 is 14.2 Å². The number of ether oxygens (including phenoxy) is 3. The first-order chi connectivity index (χ1) is 15.5. The van der Waals surface area contributed by atoms with Crippen molar-refractivity contribution in [3.05, 3.63) is 86.9 Å². The van der Waals surface area contributed by atoms with Crippen molar-refractivity contribution in [2.24, 2.45) is 5.10 Å². The highest BCUT2D eigenvalue weighted by Crippen LogP contribution is 2.51. The summed E-state index contributed by atoms with van der Waals surface area (Å²) in [4.78, 5) is 0. The summed E-state index contributed by atoms with van der Waals surface area (Å²) in [6.45, 7) is 2.06. The van der Waals surface area contributed by atoms with Gasteiger partial charge < -0.3 is 14.2 Å². The van der Waals surface area contributed by atoms with Gasteiger partial charge >= 0.3 is 0 Å². The van der Waals surface area contributed by atoms with Crippen molar-refractivity contribution in [3.8, 4) is 17.2 Å². The number of hydrogen-bond donors (Lipinski definition) is 0. The van der Waals surface area contributed by atoms with Crippen molar-refractivity contribution >= 4 is 28.9 Å². The van der Waals surface area contributed by atoms with E-state index in [0.717, 1.165) is 22.4 Å². The molecule has 3 aromatic carbocycles. The molecule has 164 valence electrons. The number of aryl methyl sites for hydroxylation is 1. The smallest absolute Gasteiger partial charge is 0.213 e. The monoisotopic (exact) mass is 468 g/mol. The normalized spacial score (nSPS) is 19.0. The molecule has 7 heteroatoms. The Morgan fingerprint density at radius 1 is 0.969 bits per heavy atom. The number of nitrogens with zero attached hydrogens (tertiary/aromatic N) is 2. The summed E-state index contributed by atoms with van der Waals surface area (Å²) < 4.78 is 17.3. The summed E-state index contributed by atoms with van der Waals surface area (Å²) in [5, 5.41) is 8.08. The first kappa shape index (κ1) is 21.0. The number of benzene rings is 3. The standard InChI is InChI=1S/C25H22Cl2N2O3/c1-14-4-6-15(7-5-14)25-29-21(18-11-17(26)12-19(27)24(18)32-25)13-20(28-29)16-8-9-22(30-2)23(10-16)31-3/h4-12,21,25H,13H2,1-3H3/t21-,25+/m1/s1. The van der Waals surface area contributed by atoms with E-state index in [-0.39, 0.29) is 6.04 Å². The highest BCUT2D eigenvalue weighted by Gasteiger charge is 2.42. The second-order valence-corrected chi connectivity index (χ2v) is 8.75. The molecular formula is C25H22Cl2N2O3. The van der Waals surface area contributed by atoms with Crippen LogP contribution in [0.25, 0.3) is 0 Å². The molecule has 0 N–H and O–H groups in total. The van der Waals surface area contributed by atoms with Gasteiger partial charge in [-0.05, 0) is 37.3 Å². The highest BCUT2D eigenvalue weighted by atomic mass is 35.5. The average Bonchev–Trinajstić information content (AvgIpc) is 3.25. The number of halogens is 2. The SMILES string of the molecule is COc1ccc(C2=NN3[C@H](C2)c2cc(Cl)cc(Cl)c2O[C@H]3c2ccc(C)cc2)cc1OC. The topological polar surface area (TPSA) is 43.3 Å². The summed E-state index contributed by atoms with van der Waals surface area (Å²) in [5.74, 6) is 2.00. The first-order valence-corrected chi connectivity index (χ1v) is 11.0. The molecule has 5 nitrogen and oxygen atoms in total. The molecule has 2 aliphatic heterocycles. The van der Waals surface area contributed by atoms with E-state index in [0.29, 0.717) is 33.7 Å². The summed E-state index contributed by atoms with van der Waals surface area (Å²) in [6, 6.07) is 17.7. The van der Waals surface area contributed by atoms with E-state index >= 15 is 0 Å². The molecule has 32 heavy (non-hydrogen) atoms. The average molecular weight is 469 g/mol. The minimum atomic E-state index is -0.399. The molecule has 0 unspecified atom stereocenters. The molecule has 2 aliphatic rings. The molecule has 0 aliphatic carbocycles. The fourth-order valence-electron chi connectivity index (χ4n) is 4.26. The minimum absolute atomic E-state index is 0.0515. The van der Waals surface area contributed by atoms with Gasteiger partial charge in [0.2, 0.25) is 6.23 Å².